The lowest BCUT2D eigenvalue weighted by Crippen LogP contribution is -2.41. The van der Waals surface area contributed by atoms with E-state index in [1.165, 1.54) is 0 Å². The van der Waals surface area contributed by atoms with Crippen LogP contribution in [0.15, 0.2) is 0 Å². The van der Waals surface area contributed by atoms with Crippen molar-refractivity contribution in [3.05, 3.63) is 16.4 Å². The van der Waals surface area contributed by atoms with Gasteiger partial charge in [0.25, 0.3) is 5.91 Å². The second-order valence-electron chi connectivity index (χ2n) is 3.97. The SMILES string of the molecule is CCn1nc(C)c(Cl)c1C(=O)N1CCOCC1. The average Bonchev–Trinajstić information content (AvgIpc) is 2.65. The molecule has 94 valence electrons. The van der Waals surface area contributed by atoms with Gasteiger partial charge >= 0.3 is 0 Å². The number of rotatable bonds is 2. The fraction of sp³-hybridized carbons (Fsp3) is 0.636. The molecule has 0 atom stereocenters. The Morgan fingerprint density at radius 1 is 1.47 bits per heavy atom. The van der Waals surface area contributed by atoms with Crippen molar-refractivity contribution in [1.29, 1.82) is 0 Å². The van der Waals surface area contributed by atoms with Crippen LogP contribution in [0.5, 0.6) is 0 Å². The van der Waals surface area contributed by atoms with E-state index in [2.05, 4.69) is 5.10 Å². The number of ether oxygens (including phenoxy) is 1. The number of halogens is 1. The van der Waals surface area contributed by atoms with Gasteiger partial charge in [0, 0.05) is 19.6 Å². The molecule has 1 aromatic rings. The van der Waals surface area contributed by atoms with Gasteiger partial charge in [-0.3, -0.25) is 9.48 Å². The minimum Gasteiger partial charge on any atom is -0.378 e. The Morgan fingerprint density at radius 2 is 2.12 bits per heavy atom. The molecule has 0 aliphatic carbocycles. The summed E-state index contributed by atoms with van der Waals surface area (Å²) >= 11 is 6.14. The predicted octanol–water partition coefficient (Wildman–Crippen LogP) is 1.34. The second kappa shape index (κ2) is 5.06. The number of hydrogen-bond donors (Lipinski definition) is 0. The summed E-state index contributed by atoms with van der Waals surface area (Å²) in [6.45, 7) is 6.79. The summed E-state index contributed by atoms with van der Waals surface area (Å²) in [5, 5.41) is 4.71. The van der Waals surface area contributed by atoms with Crippen molar-refractivity contribution in [3.63, 3.8) is 0 Å². The number of aryl methyl sites for hydroxylation is 2. The molecule has 1 aromatic heterocycles. The van der Waals surface area contributed by atoms with E-state index in [4.69, 9.17) is 16.3 Å². The highest BCUT2D eigenvalue weighted by Crippen LogP contribution is 2.22. The van der Waals surface area contributed by atoms with Gasteiger partial charge in [-0.25, -0.2) is 0 Å². The van der Waals surface area contributed by atoms with Crippen molar-refractivity contribution in [2.45, 2.75) is 20.4 Å². The molecule has 0 saturated carbocycles. The maximum Gasteiger partial charge on any atom is 0.273 e. The van der Waals surface area contributed by atoms with Crippen molar-refractivity contribution < 1.29 is 9.53 Å². The van der Waals surface area contributed by atoms with E-state index in [0.717, 1.165) is 0 Å². The van der Waals surface area contributed by atoms with Gasteiger partial charge in [-0.15, -0.1) is 0 Å². The van der Waals surface area contributed by atoms with Crippen LogP contribution in [-0.2, 0) is 11.3 Å². The molecular weight excluding hydrogens is 242 g/mol. The summed E-state index contributed by atoms with van der Waals surface area (Å²) in [4.78, 5) is 14.1. The van der Waals surface area contributed by atoms with Crippen LogP contribution in [0.25, 0.3) is 0 Å². The zero-order chi connectivity index (χ0) is 12.4. The molecule has 0 bridgehead atoms. The van der Waals surface area contributed by atoms with Crippen LogP contribution >= 0.6 is 11.6 Å². The Bertz CT molecular complexity index is 425. The Labute approximate surface area is 105 Å². The van der Waals surface area contributed by atoms with E-state index in [9.17, 15) is 4.79 Å². The van der Waals surface area contributed by atoms with Crippen molar-refractivity contribution in [3.8, 4) is 0 Å². The van der Waals surface area contributed by atoms with Gasteiger partial charge in [-0.1, -0.05) is 11.6 Å². The minimum absolute atomic E-state index is 0.0549. The summed E-state index contributed by atoms with van der Waals surface area (Å²) < 4.78 is 6.89. The van der Waals surface area contributed by atoms with Crippen LogP contribution in [0.3, 0.4) is 0 Å². The van der Waals surface area contributed by atoms with E-state index < -0.39 is 0 Å². The third-order valence-corrected chi connectivity index (χ3v) is 3.31. The van der Waals surface area contributed by atoms with Crippen LogP contribution in [0.2, 0.25) is 5.02 Å². The number of hydrogen-bond acceptors (Lipinski definition) is 3. The van der Waals surface area contributed by atoms with Crippen molar-refractivity contribution in [2.24, 2.45) is 0 Å². The zero-order valence-electron chi connectivity index (χ0n) is 10.1. The molecule has 0 spiro atoms. The van der Waals surface area contributed by atoms with E-state index in [0.29, 0.717) is 49.3 Å². The Hall–Kier alpha value is -1.07. The molecule has 1 fully saturated rings. The van der Waals surface area contributed by atoms with E-state index in [-0.39, 0.29) is 5.91 Å². The third-order valence-electron chi connectivity index (χ3n) is 2.85. The summed E-state index contributed by atoms with van der Waals surface area (Å²) in [5.74, 6) is -0.0549. The average molecular weight is 258 g/mol. The fourth-order valence-corrected chi connectivity index (χ4v) is 2.13. The highest BCUT2D eigenvalue weighted by atomic mass is 35.5. The molecule has 6 heteroatoms. The molecular formula is C11H16ClN3O2. The lowest BCUT2D eigenvalue weighted by Gasteiger charge is -2.27. The maximum atomic E-state index is 12.3. The van der Waals surface area contributed by atoms with Gasteiger partial charge in [0.2, 0.25) is 0 Å². The number of carbonyl (C=O) groups excluding carboxylic acids is 1. The first-order valence-corrected chi connectivity index (χ1v) is 6.13. The first kappa shape index (κ1) is 12.4. The molecule has 1 aliphatic heterocycles. The lowest BCUT2D eigenvalue weighted by molar-refractivity contribution is 0.0295. The fourth-order valence-electron chi connectivity index (χ4n) is 1.91. The minimum atomic E-state index is -0.0549. The Morgan fingerprint density at radius 3 is 2.71 bits per heavy atom. The second-order valence-corrected chi connectivity index (χ2v) is 4.35. The number of aromatic nitrogens is 2. The van der Waals surface area contributed by atoms with Crippen molar-refractivity contribution in [1.82, 2.24) is 14.7 Å². The molecule has 0 aromatic carbocycles. The van der Waals surface area contributed by atoms with Crippen molar-refractivity contribution >= 4 is 17.5 Å². The Kier molecular flexibility index (Phi) is 3.69. The van der Waals surface area contributed by atoms with Gasteiger partial charge in [0.15, 0.2) is 0 Å². The van der Waals surface area contributed by atoms with Crippen LogP contribution in [0.4, 0.5) is 0 Å². The van der Waals surface area contributed by atoms with E-state index in [1.54, 1.807) is 9.58 Å². The summed E-state index contributed by atoms with van der Waals surface area (Å²) in [6, 6.07) is 0. The molecule has 0 N–H and O–H groups in total. The predicted molar refractivity (Wildman–Crippen MR) is 64.4 cm³/mol. The van der Waals surface area contributed by atoms with Crippen LogP contribution in [0, 0.1) is 6.92 Å². The number of morpholine rings is 1. The molecule has 1 saturated heterocycles. The zero-order valence-corrected chi connectivity index (χ0v) is 10.8. The molecule has 5 nitrogen and oxygen atoms in total. The topological polar surface area (TPSA) is 47.4 Å². The van der Waals surface area contributed by atoms with Gasteiger partial charge in [0.05, 0.1) is 23.9 Å². The maximum absolute atomic E-state index is 12.3. The smallest absolute Gasteiger partial charge is 0.273 e. The first-order chi connectivity index (χ1) is 8.15. The van der Waals surface area contributed by atoms with Crippen LogP contribution in [0.1, 0.15) is 23.1 Å². The van der Waals surface area contributed by atoms with Crippen LogP contribution < -0.4 is 0 Å². The first-order valence-electron chi connectivity index (χ1n) is 5.75. The quantitative estimate of drug-likeness (QED) is 0.803. The third kappa shape index (κ3) is 2.30. The number of carbonyl (C=O) groups is 1. The summed E-state index contributed by atoms with van der Waals surface area (Å²) in [5.41, 5.74) is 1.19. The molecule has 1 amide bonds. The van der Waals surface area contributed by atoms with Gasteiger partial charge in [-0.2, -0.15) is 5.10 Å². The van der Waals surface area contributed by atoms with E-state index >= 15 is 0 Å². The van der Waals surface area contributed by atoms with Gasteiger partial charge in [-0.05, 0) is 13.8 Å². The summed E-state index contributed by atoms with van der Waals surface area (Å²) in [6.07, 6.45) is 0. The molecule has 2 heterocycles. The number of amides is 1. The molecule has 1 aliphatic rings. The van der Waals surface area contributed by atoms with Crippen molar-refractivity contribution in [2.75, 3.05) is 26.3 Å². The standard InChI is InChI=1S/C11H16ClN3O2/c1-3-15-10(9(12)8(2)13-15)11(16)14-4-6-17-7-5-14/h3-7H2,1-2H3. The Balaban J connectivity index is 2.29. The highest BCUT2D eigenvalue weighted by Gasteiger charge is 2.25. The molecule has 17 heavy (non-hydrogen) atoms. The van der Waals surface area contributed by atoms with E-state index in [1.807, 2.05) is 13.8 Å². The monoisotopic (exact) mass is 257 g/mol. The highest BCUT2D eigenvalue weighted by molar-refractivity contribution is 6.34. The molecule has 2 rings (SSSR count). The normalized spacial score (nSPS) is 16.3. The largest absolute Gasteiger partial charge is 0.378 e. The molecule has 0 unspecified atom stereocenters. The number of nitrogens with zero attached hydrogens (tertiary/aromatic N) is 3. The molecule has 0 radical (unpaired) electrons. The van der Waals surface area contributed by atoms with Gasteiger partial charge < -0.3 is 9.64 Å². The lowest BCUT2D eigenvalue weighted by atomic mass is 10.3. The van der Waals surface area contributed by atoms with Gasteiger partial charge in [0.1, 0.15) is 5.69 Å². The summed E-state index contributed by atoms with van der Waals surface area (Å²) in [7, 11) is 0. The van der Waals surface area contributed by atoms with Crippen LogP contribution in [-0.4, -0.2) is 46.9 Å².